The highest BCUT2D eigenvalue weighted by Gasteiger charge is 2.32. The molecular formula is C18H19N3. The Bertz CT molecular complexity index is 771. The monoisotopic (exact) mass is 277 g/mol. The second kappa shape index (κ2) is 4.89. The zero-order chi connectivity index (χ0) is 15.1. The van der Waals surface area contributed by atoms with Crippen LogP contribution in [0.3, 0.4) is 0 Å². The Morgan fingerprint density at radius 1 is 1.24 bits per heavy atom. The molecule has 0 aliphatic heterocycles. The average Bonchev–Trinajstić information content (AvgIpc) is 3.26. The van der Waals surface area contributed by atoms with Crippen molar-refractivity contribution in [3.63, 3.8) is 0 Å². The molecule has 3 nitrogen and oxygen atoms in total. The van der Waals surface area contributed by atoms with E-state index in [-0.39, 0.29) is 0 Å². The normalized spacial score (nSPS) is 14.0. The number of rotatable bonds is 3. The van der Waals surface area contributed by atoms with Crippen LogP contribution >= 0.6 is 0 Å². The van der Waals surface area contributed by atoms with Crippen LogP contribution < -0.4 is 0 Å². The van der Waals surface area contributed by atoms with Crippen LogP contribution in [0.15, 0.2) is 12.1 Å². The van der Waals surface area contributed by atoms with Gasteiger partial charge in [-0.3, -0.25) is 0 Å². The van der Waals surface area contributed by atoms with Gasteiger partial charge in [0, 0.05) is 11.8 Å². The molecule has 1 saturated carbocycles. The largest absolute Gasteiger partial charge is 0.345 e. The van der Waals surface area contributed by atoms with Crippen LogP contribution in [-0.4, -0.2) is 11.2 Å². The molecule has 106 valence electrons. The first-order valence-corrected chi connectivity index (χ1v) is 7.32. The Balaban J connectivity index is 2.32. The summed E-state index contributed by atoms with van der Waals surface area (Å²) in [6, 6.07) is 6.52. The van der Waals surface area contributed by atoms with Crippen LogP contribution in [0, 0.1) is 37.5 Å². The van der Waals surface area contributed by atoms with Crippen molar-refractivity contribution < 1.29 is 0 Å². The zero-order valence-electron chi connectivity index (χ0n) is 12.7. The molecule has 0 bridgehead atoms. The van der Waals surface area contributed by atoms with Crippen LogP contribution in [0.2, 0.25) is 0 Å². The molecule has 0 spiro atoms. The molecule has 1 aliphatic rings. The Morgan fingerprint density at radius 2 is 1.95 bits per heavy atom. The lowest BCUT2D eigenvalue weighted by molar-refractivity contribution is 1.12. The number of hydrogen-bond acceptors (Lipinski definition) is 2. The van der Waals surface area contributed by atoms with Crippen molar-refractivity contribution in [3.8, 4) is 17.2 Å². The number of nitriles is 1. The smallest absolute Gasteiger partial charge is 0.122 e. The third-order valence-electron chi connectivity index (χ3n) is 4.64. The first-order valence-electron chi connectivity index (χ1n) is 7.32. The highest BCUT2D eigenvalue weighted by Crippen LogP contribution is 2.48. The van der Waals surface area contributed by atoms with Gasteiger partial charge in [0.1, 0.15) is 11.8 Å². The molecule has 0 unspecified atom stereocenters. The van der Waals surface area contributed by atoms with E-state index in [2.05, 4.69) is 44.0 Å². The lowest BCUT2D eigenvalue weighted by Gasteiger charge is -2.13. The molecule has 1 heterocycles. The summed E-state index contributed by atoms with van der Waals surface area (Å²) in [6.07, 6.45) is 3.61. The maximum atomic E-state index is 9.39. The fourth-order valence-corrected chi connectivity index (χ4v) is 3.03. The number of H-pyrrole nitrogens is 1. The van der Waals surface area contributed by atoms with Gasteiger partial charge in [-0.1, -0.05) is 12.1 Å². The molecule has 1 aliphatic carbocycles. The van der Waals surface area contributed by atoms with E-state index in [0.717, 1.165) is 35.2 Å². The summed E-state index contributed by atoms with van der Waals surface area (Å²) in [5, 5.41) is 17.1. The Hall–Kier alpha value is -2.34. The van der Waals surface area contributed by atoms with Gasteiger partial charge < -0.3 is 10.4 Å². The minimum atomic E-state index is 0.473. The lowest BCUT2D eigenvalue weighted by Crippen LogP contribution is -1.95. The highest BCUT2D eigenvalue weighted by atomic mass is 14.8. The third kappa shape index (κ3) is 2.08. The molecule has 0 atom stereocenters. The predicted molar refractivity (Wildman–Crippen MR) is 85.0 cm³/mol. The van der Waals surface area contributed by atoms with Crippen LogP contribution in [0.4, 0.5) is 0 Å². The van der Waals surface area contributed by atoms with Crippen LogP contribution in [0.5, 0.6) is 0 Å². The first-order chi connectivity index (χ1) is 10.1. The van der Waals surface area contributed by atoms with E-state index in [1.54, 1.807) is 0 Å². The lowest BCUT2D eigenvalue weighted by atomic mass is 9.90. The van der Waals surface area contributed by atoms with Gasteiger partial charge in [-0.15, -0.1) is 0 Å². The van der Waals surface area contributed by atoms with Crippen molar-refractivity contribution in [2.75, 3.05) is 0 Å². The van der Waals surface area contributed by atoms with E-state index in [1.165, 1.54) is 22.9 Å². The van der Waals surface area contributed by atoms with Crippen molar-refractivity contribution in [1.82, 2.24) is 4.98 Å². The van der Waals surface area contributed by atoms with Crippen molar-refractivity contribution in [2.24, 2.45) is 0 Å². The SMILES string of the molecule is Cc1ccc(-c2c(C=N)[nH]c(C#N)c2C2CC2)c(C)c1C. The molecule has 1 aromatic heterocycles. The van der Waals surface area contributed by atoms with Crippen LogP contribution in [-0.2, 0) is 0 Å². The number of aromatic nitrogens is 1. The van der Waals surface area contributed by atoms with Gasteiger partial charge in [-0.25, -0.2) is 0 Å². The maximum absolute atomic E-state index is 9.39. The summed E-state index contributed by atoms with van der Waals surface area (Å²) in [4.78, 5) is 3.13. The van der Waals surface area contributed by atoms with E-state index in [9.17, 15) is 5.26 Å². The third-order valence-corrected chi connectivity index (χ3v) is 4.64. The van der Waals surface area contributed by atoms with E-state index in [4.69, 9.17) is 5.41 Å². The second-order valence-electron chi connectivity index (χ2n) is 5.91. The molecule has 0 amide bonds. The van der Waals surface area contributed by atoms with Gasteiger partial charge in [0.15, 0.2) is 0 Å². The Labute approximate surface area is 125 Å². The molecule has 3 rings (SSSR count). The molecule has 1 fully saturated rings. The van der Waals surface area contributed by atoms with Crippen molar-refractivity contribution >= 4 is 6.21 Å². The quantitative estimate of drug-likeness (QED) is 0.805. The number of aryl methyl sites for hydroxylation is 1. The zero-order valence-corrected chi connectivity index (χ0v) is 12.7. The maximum Gasteiger partial charge on any atom is 0.122 e. The first kappa shape index (κ1) is 13.6. The van der Waals surface area contributed by atoms with Gasteiger partial charge in [0.2, 0.25) is 0 Å². The number of aromatic amines is 1. The fraction of sp³-hybridized carbons (Fsp3) is 0.333. The van der Waals surface area contributed by atoms with E-state index >= 15 is 0 Å². The highest BCUT2D eigenvalue weighted by molar-refractivity contribution is 5.91. The van der Waals surface area contributed by atoms with Gasteiger partial charge in [0.05, 0.1) is 5.69 Å². The summed E-state index contributed by atoms with van der Waals surface area (Å²) in [6.45, 7) is 6.37. The summed E-state index contributed by atoms with van der Waals surface area (Å²) in [5.74, 6) is 0.473. The standard InChI is InChI=1S/C18H19N3/c1-10-4-7-14(12(3)11(10)2)18-16(9-20)21-15(8-19)17(18)13-5-6-13/h4,7,9,13,20-21H,5-6H2,1-3H3. The molecule has 3 heteroatoms. The predicted octanol–water partition coefficient (Wildman–Crippen LogP) is 4.35. The van der Waals surface area contributed by atoms with Crippen LogP contribution in [0.1, 0.15) is 52.4 Å². The number of hydrogen-bond donors (Lipinski definition) is 2. The Kier molecular flexibility index (Phi) is 3.17. The molecule has 2 N–H and O–H groups in total. The van der Waals surface area contributed by atoms with Gasteiger partial charge in [0.25, 0.3) is 0 Å². The summed E-state index contributed by atoms with van der Waals surface area (Å²) in [7, 11) is 0. The van der Waals surface area contributed by atoms with Gasteiger partial charge >= 0.3 is 0 Å². The summed E-state index contributed by atoms with van der Waals surface area (Å²) in [5.41, 5.74) is 8.50. The molecule has 1 aromatic carbocycles. The second-order valence-corrected chi connectivity index (χ2v) is 5.91. The number of nitrogens with zero attached hydrogens (tertiary/aromatic N) is 1. The van der Waals surface area contributed by atoms with Crippen molar-refractivity contribution in [1.29, 1.82) is 10.7 Å². The Morgan fingerprint density at radius 3 is 2.52 bits per heavy atom. The molecule has 2 aromatic rings. The summed E-state index contributed by atoms with van der Waals surface area (Å²) < 4.78 is 0. The molecular weight excluding hydrogens is 258 g/mol. The molecule has 21 heavy (non-hydrogen) atoms. The van der Waals surface area contributed by atoms with E-state index < -0.39 is 0 Å². The topological polar surface area (TPSA) is 63.4 Å². The minimum absolute atomic E-state index is 0.473. The fourth-order valence-electron chi connectivity index (χ4n) is 3.03. The van der Waals surface area contributed by atoms with E-state index in [0.29, 0.717) is 11.6 Å². The number of nitrogens with one attached hydrogen (secondary N) is 2. The van der Waals surface area contributed by atoms with Gasteiger partial charge in [-0.2, -0.15) is 5.26 Å². The number of benzene rings is 1. The molecule has 0 radical (unpaired) electrons. The van der Waals surface area contributed by atoms with E-state index in [1.807, 2.05) is 0 Å². The van der Waals surface area contributed by atoms with Gasteiger partial charge in [-0.05, 0) is 67.3 Å². The summed E-state index contributed by atoms with van der Waals surface area (Å²) >= 11 is 0. The van der Waals surface area contributed by atoms with Crippen molar-refractivity contribution in [3.05, 3.63) is 45.8 Å². The molecule has 0 saturated heterocycles. The van der Waals surface area contributed by atoms with Crippen molar-refractivity contribution in [2.45, 2.75) is 39.5 Å². The van der Waals surface area contributed by atoms with Crippen LogP contribution in [0.25, 0.3) is 11.1 Å². The average molecular weight is 277 g/mol. The minimum Gasteiger partial charge on any atom is -0.345 e.